The van der Waals surface area contributed by atoms with E-state index in [2.05, 4.69) is 27.8 Å². The Morgan fingerprint density at radius 3 is 2.10 bits per heavy atom. The Morgan fingerprint density at radius 1 is 0.976 bits per heavy atom. The molecule has 0 aromatic heterocycles. The molecule has 13 heteroatoms. The number of carbonyl (C=O) groups excluding carboxylic acids is 6. The van der Waals surface area contributed by atoms with E-state index in [0.717, 1.165) is 11.5 Å². The first-order valence-corrected chi connectivity index (χ1v) is 16.1. The Bertz CT molecular complexity index is 1010. The number of hydrogen-bond donors (Lipinski definition) is 4. The molecule has 2 rings (SSSR count). The molecule has 2 aliphatic rings. The highest BCUT2D eigenvalue weighted by atomic mass is 32.2. The molecule has 4 unspecified atom stereocenters. The quantitative estimate of drug-likeness (QED) is 0.169. The summed E-state index contributed by atoms with van der Waals surface area (Å²) in [5.74, 6) is -2.01. The van der Waals surface area contributed by atoms with Gasteiger partial charge in [0.15, 0.2) is 0 Å². The largest absolute Gasteiger partial charge is 0.346 e. The summed E-state index contributed by atoms with van der Waals surface area (Å²) in [5.41, 5.74) is 0. The third-order valence-electron chi connectivity index (χ3n) is 7.07. The van der Waals surface area contributed by atoms with Crippen molar-refractivity contribution in [2.45, 2.75) is 89.1 Å². The van der Waals surface area contributed by atoms with Crippen LogP contribution in [0, 0.1) is 11.8 Å². The summed E-state index contributed by atoms with van der Waals surface area (Å²) in [6.07, 6.45) is 2.67. The minimum atomic E-state index is -1.03. The van der Waals surface area contributed by atoms with Gasteiger partial charge in [-0.15, -0.1) is 30.1 Å². The summed E-state index contributed by atoms with van der Waals surface area (Å²) >= 11 is 3.42. The van der Waals surface area contributed by atoms with Gasteiger partial charge in [-0.3, -0.25) is 28.8 Å². The van der Waals surface area contributed by atoms with Crippen LogP contribution in [0.5, 0.6) is 0 Å². The van der Waals surface area contributed by atoms with E-state index in [0.29, 0.717) is 19.4 Å². The van der Waals surface area contributed by atoms with Crippen LogP contribution >= 0.6 is 23.5 Å². The van der Waals surface area contributed by atoms with Gasteiger partial charge in [-0.25, -0.2) is 0 Å². The van der Waals surface area contributed by atoms with Crippen molar-refractivity contribution in [2.24, 2.45) is 11.8 Å². The van der Waals surface area contributed by atoms with Gasteiger partial charge in [-0.1, -0.05) is 47.1 Å². The van der Waals surface area contributed by atoms with Gasteiger partial charge >= 0.3 is 0 Å². The summed E-state index contributed by atoms with van der Waals surface area (Å²) in [6.45, 7) is 14.4. The molecule has 0 saturated carbocycles. The predicted molar refractivity (Wildman–Crippen MR) is 162 cm³/mol. The predicted octanol–water partition coefficient (Wildman–Crippen LogP) is 1.22. The normalized spacial score (nSPS) is 19.9. The number of amides is 5. The van der Waals surface area contributed by atoms with Crippen molar-refractivity contribution in [3.8, 4) is 0 Å². The standard InChI is InChI=1S/C28H45N5O6S2/c1-8-10-19(23(35)26(38)29-11-9-2)31-24(36)20-14-28(40-12-13-41-28)15-33(20)27(39)22(17(5)6)32-25(37)21(16(3)4)30-18(7)34/h9,16-17,19-22H,2,8,10-15H2,1,3-7H3,(H,29,38)(H,30,34)(H,31,36)(H,32,37). The minimum absolute atomic E-state index is 0.126. The number of thioether (sulfide) groups is 2. The van der Waals surface area contributed by atoms with Crippen LogP contribution in [0.25, 0.3) is 0 Å². The lowest BCUT2D eigenvalue weighted by atomic mass is 9.99. The van der Waals surface area contributed by atoms with Crippen LogP contribution < -0.4 is 21.3 Å². The molecule has 5 amide bonds. The van der Waals surface area contributed by atoms with E-state index in [4.69, 9.17) is 0 Å². The third kappa shape index (κ3) is 9.22. The van der Waals surface area contributed by atoms with Gasteiger partial charge < -0.3 is 26.2 Å². The summed E-state index contributed by atoms with van der Waals surface area (Å²) in [5, 5.41) is 10.7. The molecule has 2 aliphatic heterocycles. The monoisotopic (exact) mass is 611 g/mol. The van der Waals surface area contributed by atoms with Crippen LogP contribution in [0.2, 0.25) is 0 Å². The van der Waals surface area contributed by atoms with Crippen molar-refractivity contribution in [1.82, 2.24) is 26.2 Å². The highest BCUT2D eigenvalue weighted by Gasteiger charge is 2.53. The van der Waals surface area contributed by atoms with Crippen molar-refractivity contribution in [3.63, 3.8) is 0 Å². The number of carbonyl (C=O) groups is 6. The van der Waals surface area contributed by atoms with Crippen LogP contribution in [0.15, 0.2) is 12.7 Å². The Morgan fingerprint density at radius 2 is 1.59 bits per heavy atom. The van der Waals surface area contributed by atoms with Crippen LogP contribution in [0.1, 0.15) is 60.8 Å². The molecule has 0 aromatic carbocycles. The van der Waals surface area contributed by atoms with E-state index in [-0.39, 0.29) is 34.8 Å². The first kappa shape index (κ1) is 34.7. The average molecular weight is 612 g/mol. The van der Waals surface area contributed by atoms with E-state index in [1.165, 1.54) is 17.9 Å². The Hall–Kier alpha value is -2.54. The van der Waals surface area contributed by atoms with Gasteiger partial charge in [-0.05, 0) is 18.3 Å². The first-order valence-electron chi connectivity index (χ1n) is 14.2. The summed E-state index contributed by atoms with van der Waals surface area (Å²) in [6, 6.07) is -3.66. The Kier molecular flexibility index (Phi) is 13.2. The number of hydrogen-bond acceptors (Lipinski definition) is 8. The lowest BCUT2D eigenvalue weighted by Crippen LogP contribution is -2.59. The average Bonchev–Trinajstić information content (AvgIpc) is 3.53. The SMILES string of the molecule is C=CCNC(=O)C(=O)C(CCC)NC(=O)C1CC2(CN1C(=O)C(NC(=O)C(NC(C)=O)C(C)C)C(C)C)SCCS2. The number of likely N-dealkylation sites (tertiary alicyclic amines) is 1. The molecular weight excluding hydrogens is 566 g/mol. The highest BCUT2D eigenvalue weighted by molar-refractivity contribution is 8.21. The number of ketones is 1. The Balaban J connectivity index is 2.32. The zero-order chi connectivity index (χ0) is 30.9. The molecule has 2 heterocycles. The molecular formula is C28H45N5O6S2. The summed E-state index contributed by atoms with van der Waals surface area (Å²) in [4.78, 5) is 79.3. The second-order valence-corrected chi connectivity index (χ2v) is 14.4. The van der Waals surface area contributed by atoms with E-state index in [9.17, 15) is 28.8 Å². The number of nitrogens with zero attached hydrogens (tertiary/aromatic N) is 1. The van der Waals surface area contributed by atoms with Gasteiger partial charge in [0.25, 0.3) is 5.91 Å². The molecule has 0 bridgehead atoms. The van der Waals surface area contributed by atoms with Gasteiger partial charge in [0.2, 0.25) is 29.4 Å². The smallest absolute Gasteiger partial charge is 0.289 e. The maximum atomic E-state index is 14.0. The molecule has 0 radical (unpaired) electrons. The van der Waals surface area contributed by atoms with Gasteiger partial charge in [0.1, 0.15) is 18.1 Å². The first-order chi connectivity index (χ1) is 19.3. The van der Waals surface area contributed by atoms with Crippen LogP contribution in [-0.4, -0.2) is 93.1 Å². The van der Waals surface area contributed by atoms with Crippen molar-refractivity contribution in [1.29, 1.82) is 0 Å². The van der Waals surface area contributed by atoms with E-state index < -0.39 is 53.6 Å². The zero-order valence-corrected chi connectivity index (χ0v) is 26.5. The number of nitrogens with one attached hydrogen (secondary N) is 4. The molecule has 2 saturated heterocycles. The van der Waals surface area contributed by atoms with Gasteiger partial charge in [0, 0.05) is 37.9 Å². The second-order valence-electron chi connectivity index (χ2n) is 11.2. The topological polar surface area (TPSA) is 154 Å². The minimum Gasteiger partial charge on any atom is -0.346 e. The van der Waals surface area contributed by atoms with Crippen molar-refractivity contribution in [2.75, 3.05) is 24.6 Å². The Labute approximate surface area is 251 Å². The molecule has 11 nitrogen and oxygen atoms in total. The third-order valence-corrected chi connectivity index (χ3v) is 10.5. The number of Topliss-reactive ketones (excluding diaryl/α,β-unsaturated/α-hetero) is 1. The van der Waals surface area contributed by atoms with Crippen LogP contribution in [-0.2, 0) is 28.8 Å². The van der Waals surface area contributed by atoms with Crippen molar-refractivity contribution < 1.29 is 28.8 Å². The molecule has 41 heavy (non-hydrogen) atoms. The fourth-order valence-corrected chi connectivity index (χ4v) is 8.19. The molecule has 0 aromatic rings. The molecule has 4 atom stereocenters. The zero-order valence-electron chi connectivity index (χ0n) is 24.9. The maximum Gasteiger partial charge on any atom is 0.289 e. The van der Waals surface area contributed by atoms with E-state index >= 15 is 0 Å². The second kappa shape index (κ2) is 15.6. The summed E-state index contributed by atoms with van der Waals surface area (Å²) < 4.78 is -0.370. The lowest BCUT2D eigenvalue weighted by Gasteiger charge is -2.32. The molecule has 0 aliphatic carbocycles. The highest BCUT2D eigenvalue weighted by Crippen LogP contribution is 2.52. The summed E-state index contributed by atoms with van der Waals surface area (Å²) in [7, 11) is 0. The van der Waals surface area contributed by atoms with Gasteiger partial charge in [-0.2, -0.15) is 0 Å². The van der Waals surface area contributed by atoms with Crippen LogP contribution in [0.4, 0.5) is 0 Å². The van der Waals surface area contributed by atoms with E-state index in [1.807, 2.05) is 20.8 Å². The van der Waals surface area contributed by atoms with E-state index in [1.54, 1.807) is 37.4 Å². The van der Waals surface area contributed by atoms with Gasteiger partial charge in [0.05, 0.1) is 10.1 Å². The molecule has 230 valence electrons. The molecule has 2 fully saturated rings. The van der Waals surface area contributed by atoms with Crippen LogP contribution in [0.3, 0.4) is 0 Å². The van der Waals surface area contributed by atoms with Crippen molar-refractivity contribution in [3.05, 3.63) is 12.7 Å². The maximum absolute atomic E-state index is 14.0. The lowest BCUT2D eigenvalue weighted by molar-refractivity contribution is -0.144. The van der Waals surface area contributed by atoms with Crippen molar-refractivity contribution >= 4 is 58.8 Å². The molecule has 4 N–H and O–H groups in total. The fraction of sp³-hybridized carbons (Fsp3) is 0.714. The fourth-order valence-electron chi connectivity index (χ4n) is 4.94. The molecule has 1 spiro atoms. The number of rotatable bonds is 14.